The van der Waals surface area contributed by atoms with Crippen molar-refractivity contribution >= 4 is 41.0 Å². The summed E-state index contributed by atoms with van der Waals surface area (Å²) in [5.41, 5.74) is 11.9. The Morgan fingerprint density at radius 1 is 0.872 bits per heavy atom. The van der Waals surface area contributed by atoms with Crippen LogP contribution < -0.4 is 27.4 Å². The van der Waals surface area contributed by atoms with E-state index in [1.54, 1.807) is 0 Å². The van der Waals surface area contributed by atoms with Gasteiger partial charge >= 0.3 is 0 Å². The first-order chi connectivity index (χ1) is 22.1. The lowest BCUT2D eigenvalue weighted by Crippen LogP contribution is -2.55. The lowest BCUT2D eigenvalue weighted by Gasteiger charge is -2.30. The highest BCUT2D eigenvalue weighted by Crippen LogP contribution is 2.28. The third-order valence-corrected chi connectivity index (χ3v) is 7.15. The summed E-state index contributed by atoms with van der Waals surface area (Å²) < 4.78 is 0. The highest BCUT2D eigenvalue weighted by Gasteiger charge is 2.31. The summed E-state index contributed by atoms with van der Waals surface area (Å²) in [4.78, 5) is 67.8. The van der Waals surface area contributed by atoms with Crippen molar-refractivity contribution in [1.29, 1.82) is 0 Å². The van der Waals surface area contributed by atoms with Crippen molar-refractivity contribution in [3.05, 3.63) is 34.4 Å². The SMILES string of the molecule is CC(=O)O.CC(=O)O.CCCC[C@@H](N)C(=O)N[C@@H](CC1CCC(O)CC1)C(=O)N[C@@H](CCCCN)C(=O)Nc1ccc([N+](=O)[O-])cc1. The lowest BCUT2D eigenvalue weighted by molar-refractivity contribution is -0.384. The Morgan fingerprint density at radius 3 is 1.89 bits per heavy atom. The van der Waals surface area contributed by atoms with Gasteiger partial charge in [0.1, 0.15) is 12.1 Å². The number of nitrogens with one attached hydrogen (secondary N) is 3. The van der Waals surface area contributed by atoms with E-state index in [0.29, 0.717) is 57.2 Å². The third-order valence-electron chi connectivity index (χ3n) is 7.15. The molecule has 0 aliphatic heterocycles. The van der Waals surface area contributed by atoms with Crippen LogP contribution in [0, 0.1) is 16.0 Å². The zero-order valence-electron chi connectivity index (χ0n) is 27.5. The predicted molar refractivity (Wildman–Crippen MR) is 175 cm³/mol. The zero-order valence-corrected chi connectivity index (χ0v) is 27.5. The van der Waals surface area contributed by atoms with E-state index >= 15 is 0 Å². The van der Waals surface area contributed by atoms with E-state index in [1.807, 2.05) is 6.92 Å². The molecule has 266 valence electrons. The molecule has 3 amide bonds. The number of aliphatic hydroxyl groups is 1. The molecule has 0 radical (unpaired) electrons. The Kier molecular flexibility index (Phi) is 22.0. The summed E-state index contributed by atoms with van der Waals surface area (Å²) in [5, 5.41) is 43.9. The number of non-ortho nitro benzene ring substituents is 1. The number of carboxylic acids is 2. The van der Waals surface area contributed by atoms with Gasteiger partial charge in [0.15, 0.2) is 0 Å². The van der Waals surface area contributed by atoms with Crippen LogP contribution in [0.25, 0.3) is 0 Å². The van der Waals surface area contributed by atoms with E-state index in [2.05, 4.69) is 16.0 Å². The molecule has 47 heavy (non-hydrogen) atoms. The molecule has 2 rings (SSSR count). The van der Waals surface area contributed by atoms with Gasteiger partial charge in [0.2, 0.25) is 17.7 Å². The number of amides is 3. The van der Waals surface area contributed by atoms with Crippen molar-refractivity contribution in [3.8, 4) is 0 Å². The number of carboxylic acid groups (broad SMARTS) is 2. The molecule has 0 bridgehead atoms. The summed E-state index contributed by atoms with van der Waals surface area (Å²) in [6, 6.07) is 2.90. The summed E-state index contributed by atoms with van der Waals surface area (Å²) in [6.45, 7) is 4.61. The van der Waals surface area contributed by atoms with Crippen LogP contribution in [0.2, 0.25) is 0 Å². The molecular weight excluding hydrogens is 616 g/mol. The number of carbonyl (C=O) groups excluding carboxylic acids is 3. The Morgan fingerprint density at radius 2 is 1.40 bits per heavy atom. The maximum atomic E-state index is 13.5. The van der Waals surface area contributed by atoms with Crippen LogP contribution in [-0.2, 0) is 24.0 Å². The Labute approximate surface area is 275 Å². The Hall–Kier alpha value is -4.15. The quantitative estimate of drug-likeness (QED) is 0.0715. The summed E-state index contributed by atoms with van der Waals surface area (Å²) in [6.07, 6.45) is 6.56. The van der Waals surface area contributed by atoms with Crippen molar-refractivity contribution < 1.29 is 44.2 Å². The van der Waals surface area contributed by atoms with Gasteiger partial charge in [-0.05, 0) is 82.4 Å². The van der Waals surface area contributed by atoms with E-state index in [1.165, 1.54) is 24.3 Å². The van der Waals surface area contributed by atoms with Gasteiger partial charge in [-0.2, -0.15) is 0 Å². The van der Waals surface area contributed by atoms with Gasteiger partial charge in [-0.25, -0.2) is 0 Å². The number of nitro benzene ring substituents is 1. The van der Waals surface area contributed by atoms with Gasteiger partial charge in [0.25, 0.3) is 17.6 Å². The van der Waals surface area contributed by atoms with Gasteiger partial charge in [0, 0.05) is 31.7 Å². The predicted octanol–water partition coefficient (Wildman–Crippen LogP) is 2.27. The van der Waals surface area contributed by atoms with Crippen LogP contribution >= 0.6 is 0 Å². The van der Waals surface area contributed by atoms with E-state index in [4.69, 9.17) is 31.3 Å². The minimum absolute atomic E-state index is 0.105. The second-order valence-electron chi connectivity index (χ2n) is 11.4. The molecule has 0 spiro atoms. The average Bonchev–Trinajstić information content (AvgIpc) is 2.99. The first kappa shape index (κ1) is 42.9. The van der Waals surface area contributed by atoms with Crippen molar-refractivity contribution in [3.63, 3.8) is 0 Å². The van der Waals surface area contributed by atoms with Crippen LogP contribution in [0.15, 0.2) is 24.3 Å². The Bertz CT molecular complexity index is 1110. The van der Waals surface area contributed by atoms with Gasteiger partial charge < -0.3 is 42.7 Å². The van der Waals surface area contributed by atoms with E-state index in [0.717, 1.165) is 39.5 Å². The molecule has 16 heteroatoms. The van der Waals surface area contributed by atoms with Crippen LogP contribution in [0.4, 0.5) is 11.4 Å². The number of nitro groups is 1. The highest BCUT2D eigenvalue weighted by atomic mass is 16.6. The van der Waals surface area contributed by atoms with Crippen LogP contribution in [0.5, 0.6) is 0 Å². The maximum absolute atomic E-state index is 13.5. The molecule has 1 aromatic rings. The topological polar surface area (TPSA) is 277 Å². The molecule has 1 fully saturated rings. The number of rotatable bonds is 16. The van der Waals surface area contributed by atoms with Gasteiger partial charge in [0.05, 0.1) is 17.1 Å². The van der Waals surface area contributed by atoms with Crippen molar-refractivity contribution in [2.24, 2.45) is 17.4 Å². The fourth-order valence-corrected chi connectivity index (χ4v) is 4.71. The van der Waals surface area contributed by atoms with E-state index in [-0.39, 0.29) is 17.7 Å². The number of benzene rings is 1. The normalized spacial score (nSPS) is 17.1. The molecule has 0 heterocycles. The minimum atomic E-state index is -0.902. The van der Waals surface area contributed by atoms with Crippen LogP contribution in [0.1, 0.15) is 91.4 Å². The number of hydrogen-bond donors (Lipinski definition) is 8. The zero-order chi connectivity index (χ0) is 35.9. The van der Waals surface area contributed by atoms with Crippen molar-refractivity contribution in [2.45, 2.75) is 116 Å². The average molecular weight is 669 g/mol. The van der Waals surface area contributed by atoms with Gasteiger partial charge in [-0.1, -0.05) is 19.8 Å². The minimum Gasteiger partial charge on any atom is -0.481 e. The molecule has 1 aromatic carbocycles. The molecule has 1 aliphatic rings. The van der Waals surface area contributed by atoms with Gasteiger partial charge in [-0.15, -0.1) is 0 Å². The molecule has 1 aliphatic carbocycles. The van der Waals surface area contributed by atoms with E-state index in [9.17, 15) is 29.6 Å². The fraction of sp³-hybridized carbons (Fsp3) is 0.645. The molecule has 16 nitrogen and oxygen atoms in total. The first-order valence-corrected chi connectivity index (χ1v) is 15.8. The second kappa shape index (κ2) is 24.1. The number of carbonyl (C=O) groups is 5. The van der Waals surface area contributed by atoms with Crippen LogP contribution in [0.3, 0.4) is 0 Å². The number of aliphatic carboxylic acids is 2. The molecule has 1 saturated carbocycles. The Balaban J connectivity index is 0.00000236. The largest absolute Gasteiger partial charge is 0.481 e. The molecule has 0 aromatic heterocycles. The molecule has 0 unspecified atom stereocenters. The van der Waals surface area contributed by atoms with Crippen molar-refractivity contribution in [2.75, 3.05) is 11.9 Å². The number of hydrogen-bond acceptors (Lipinski definition) is 10. The summed E-state index contributed by atoms with van der Waals surface area (Å²) in [5.74, 6) is -2.89. The maximum Gasteiger partial charge on any atom is 0.300 e. The molecular formula is C31H52N6O10. The number of unbranched alkanes of at least 4 members (excludes halogenated alkanes) is 2. The number of nitrogens with two attached hydrogens (primary N) is 2. The molecule has 10 N–H and O–H groups in total. The second-order valence-corrected chi connectivity index (χ2v) is 11.4. The fourth-order valence-electron chi connectivity index (χ4n) is 4.71. The highest BCUT2D eigenvalue weighted by molar-refractivity contribution is 5.98. The van der Waals surface area contributed by atoms with Crippen LogP contribution in [-0.4, -0.2) is 80.7 Å². The third kappa shape index (κ3) is 20.6. The molecule has 3 atom stereocenters. The number of anilines is 1. The lowest BCUT2D eigenvalue weighted by atomic mass is 9.83. The monoisotopic (exact) mass is 668 g/mol. The van der Waals surface area contributed by atoms with Gasteiger partial charge in [-0.3, -0.25) is 34.1 Å². The number of aliphatic hydroxyl groups excluding tert-OH is 1. The smallest absolute Gasteiger partial charge is 0.300 e. The van der Waals surface area contributed by atoms with E-state index < -0.39 is 52.7 Å². The summed E-state index contributed by atoms with van der Waals surface area (Å²) >= 11 is 0. The molecule has 0 saturated heterocycles. The standard InChI is InChI=1S/C27H44N6O6.2C2H4O2/c1-2-3-6-22(29)25(35)32-24(17-18-8-14-21(34)15-9-18)27(37)31-23(7-4-5-16-28)26(36)30-19-10-12-20(13-11-19)33(38)39;2*1-2(3)4/h10-13,18,21-24,34H,2-9,14-17,28-29H2,1H3,(H,30,36)(H,31,37)(H,32,35);2*1H3,(H,3,4)/t18?,21?,22-,23+,24+;;/m1../s1. The first-order valence-electron chi connectivity index (χ1n) is 15.8. The number of nitrogens with zero attached hydrogens (tertiary/aromatic N) is 1. The summed E-state index contributed by atoms with van der Waals surface area (Å²) in [7, 11) is 0. The van der Waals surface area contributed by atoms with Crippen molar-refractivity contribution in [1.82, 2.24) is 10.6 Å².